The molecular formula is C35H38ClN7O3. The van der Waals surface area contributed by atoms with Crippen LogP contribution in [0.5, 0.6) is 11.5 Å². The summed E-state index contributed by atoms with van der Waals surface area (Å²) in [5, 5.41) is 4.14. The number of carbonyl (C=O) groups is 1. The fourth-order valence-corrected chi connectivity index (χ4v) is 5.42. The number of amides is 1. The summed E-state index contributed by atoms with van der Waals surface area (Å²) < 4.78 is 13.0. The lowest BCUT2D eigenvalue weighted by molar-refractivity contribution is 0.0798. The predicted octanol–water partition coefficient (Wildman–Crippen LogP) is 6.37. The maximum atomic E-state index is 13.2. The number of hydrogen-bond donors (Lipinski definition) is 1. The van der Waals surface area contributed by atoms with Crippen LogP contribution < -0.4 is 19.7 Å². The minimum absolute atomic E-state index is 0.0260. The van der Waals surface area contributed by atoms with Crippen LogP contribution in [0.3, 0.4) is 0 Å². The Bertz CT molecular complexity index is 1870. The first kappa shape index (κ1) is 31.2. The molecular weight excluding hydrogens is 602 g/mol. The third-order valence-corrected chi connectivity index (χ3v) is 8.47. The number of carbonyl (C=O) groups excluding carboxylic acids is 1. The molecule has 46 heavy (non-hydrogen) atoms. The van der Waals surface area contributed by atoms with E-state index in [0.717, 1.165) is 22.6 Å². The molecule has 0 fully saturated rings. The molecule has 2 aromatic heterocycles. The van der Waals surface area contributed by atoms with E-state index in [2.05, 4.69) is 31.1 Å². The van der Waals surface area contributed by atoms with E-state index in [9.17, 15) is 4.79 Å². The summed E-state index contributed by atoms with van der Waals surface area (Å²) in [6, 6.07) is 21.5. The highest BCUT2D eigenvalue weighted by Crippen LogP contribution is 2.33. The van der Waals surface area contributed by atoms with Gasteiger partial charge in [-0.3, -0.25) is 4.79 Å². The molecule has 10 nitrogen and oxygen atoms in total. The first-order chi connectivity index (χ1) is 22.1. The van der Waals surface area contributed by atoms with Crippen LogP contribution in [-0.4, -0.2) is 64.3 Å². The summed E-state index contributed by atoms with van der Waals surface area (Å²) in [6.45, 7) is 8.71. The maximum absolute atomic E-state index is 13.2. The molecule has 1 amide bonds. The number of rotatable bonds is 10. The molecule has 6 rings (SSSR count). The zero-order valence-corrected chi connectivity index (χ0v) is 27.5. The van der Waals surface area contributed by atoms with Crippen molar-refractivity contribution in [2.24, 2.45) is 0 Å². The molecule has 1 N–H and O–H groups in total. The number of imidazole rings is 1. The summed E-state index contributed by atoms with van der Waals surface area (Å²) in [6.07, 6.45) is 1.76. The summed E-state index contributed by atoms with van der Waals surface area (Å²) in [4.78, 5) is 31.4. The number of benzene rings is 3. The second-order valence-corrected chi connectivity index (χ2v) is 12.9. The second kappa shape index (κ2) is 12.9. The number of hydrogen-bond acceptors (Lipinski definition) is 8. The number of fused-ring (bicyclic) bond motifs is 2. The molecule has 0 saturated heterocycles. The summed E-state index contributed by atoms with van der Waals surface area (Å²) in [5.74, 6) is 2.54. The van der Waals surface area contributed by atoms with Crippen molar-refractivity contribution in [2.75, 3.05) is 44.2 Å². The van der Waals surface area contributed by atoms with Crippen LogP contribution in [0.15, 0.2) is 73.1 Å². The zero-order valence-electron chi connectivity index (χ0n) is 26.7. The SMILES string of the molecule is CN(CCN(C)c1nc(NCc2ccc3c(c2)OCO3)c2ncn(Cc3ccccc3Cl)c2n1)C(=O)c1ccc(C(C)(C)C)cc1. The summed E-state index contributed by atoms with van der Waals surface area (Å²) in [7, 11) is 3.74. The van der Waals surface area contributed by atoms with E-state index in [4.69, 9.17) is 31.0 Å². The van der Waals surface area contributed by atoms with Gasteiger partial charge in [0.1, 0.15) is 0 Å². The van der Waals surface area contributed by atoms with Crippen LogP contribution in [0.4, 0.5) is 11.8 Å². The Balaban J connectivity index is 1.23. The van der Waals surface area contributed by atoms with Crippen molar-refractivity contribution < 1.29 is 14.3 Å². The van der Waals surface area contributed by atoms with Crippen molar-refractivity contribution in [3.8, 4) is 11.5 Å². The maximum Gasteiger partial charge on any atom is 0.253 e. The lowest BCUT2D eigenvalue weighted by Crippen LogP contribution is -2.35. The average molecular weight is 640 g/mol. The highest BCUT2D eigenvalue weighted by atomic mass is 35.5. The Morgan fingerprint density at radius 2 is 1.74 bits per heavy atom. The second-order valence-electron chi connectivity index (χ2n) is 12.5. The van der Waals surface area contributed by atoms with Gasteiger partial charge in [0.2, 0.25) is 12.7 Å². The third-order valence-electron chi connectivity index (χ3n) is 8.10. The fourth-order valence-electron chi connectivity index (χ4n) is 5.22. The van der Waals surface area contributed by atoms with Gasteiger partial charge in [-0.15, -0.1) is 0 Å². The molecule has 3 heterocycles. The lowest BCUT2D eigenvalue weighted by Gasteiger charge is -2.24. The third kappa shape index (κ3) is 6.72. The van der Waals surface area contributed by atoms with E-state index in [0.29, 0.717) is 59.7 Å². The summed E-state index contributed by atoms with van der Waals surface area (Å²) >= 11 is 6.49. The molecule has 0 aliphatic carbocycles. The van der Waals surface area contributed by atoms with Crippen LogP contribution in [-0.2, 0) is 18.5 Å². The average Bonchev–Trinajstić information content (AvgIpc) is 3.69. The number of anilines is 2. The first-order valence-electron chi connectivity index (χ1n) is 15.2. The Kier molecular flexibility index (Phi) is 8.73. The van der Waals surface area contributed by atoms with Crippen LogP contribution >= 0.6 is 11.6 Å². The van der Waals surface area contributed by atoms with E-state index < -0.39 is 0 Å². The van der Waals surface area contributed by atoms with Gasteiger partial charge < -0.3 is 29.2 Å². The number of halogens is 1. The van der Waals surface area contributed by atoms with Gasteiger partial charge in [0.25, 0.3) is 5.91 Å². The molecule has 11 heteroatoms. The topological polar surface area (TPSA) is 97.6 Å². The summed E-state index contributed by atoms with van der Waals surface area (Å²) in [5.41, 5.74) is 5.17. The molecule has 238 valence electrons. The van der Waals surface area contributed by atoms with Gasteiger partial charge in [0, 0.05) is 44.3 Å². The molecule has 1 aliphatic heterocycles. The highest BCUT2D eigenvalue weighted by Gasteiger charge is 2.20. The van der Waals surface area contributed by atoms with Gasteiger partial charge in [-0.25, -0.2) is 4.98 Å². The lowest BCUT2D eigenvalue weighted by atomic mass is 9.86. The van der Waals surface area contributed by atoms with Gasteiger partial charge in [0.05, 0.1) is 12.9 Å². The van der Waals surface area contributed by atoms with Crippen LogP contribution in [0.2, 0.25) is 5.02 Å². The van der Waals surface area contributed by atoms with Gasteiger partial charge in [-0.1, -0.05) is 68.8 Å². The van der Waals surface area contributed by atoms with E-state index in [1.54, 1.807) is 11.2 Å². The van der Waals surface area contributed by atoms with E-state index >= 15 is 0 Å². The Labute approximate surface area is 273 Å². The monoisotopic (exact) mass is 639 g/mol. The minimum Gasteiger partial charge on any atom is -0.454 e. The van der Waals surface area contributed by atoms with Gasteiger partial charge in [-0.05, 0) is 52.4 Å². The first-order valence-corrected chi connectivity index (χ1v) is 15.6. The van der Waals surface area contributed by atoms with Crippen molar-refractivity contribution in [3.63, 3.8) is 0 Å². The van der Waals surface area contributed by atoms with Crippen LogP contribution in [0.25, 0.3) is 11.2 Å². The molecule has 0 radical (unpaired) electrons. The molecule has 0 spiro atoms. The Morgan fingerprint density at radius 1 is 0.978 bits per heavy atom. The normalized spacial score (nSPS) is 12.4. The van der Waals surface area contributed by atoms with E-state index in [1.165, 1.54) is 5.56 Å². The van der Waals surface area contributed by atoms with Crippen molar-refractivity contribution >= 4 is 40.4 Å². The zero-order chi connectivity index (χ0) is 32.4. The Hall–Kier alpha value is -4.83. The fraction of sp³-hybridized carbons (Fsp3) is 0.314. The molecule has 0 bridgehead atoms. The van der Waals surface area contributed by atoms with Crippen molar-refractivity contribution in [1.82, 2.24) is 24.4 Å². The van der Waals surface area contributed by atoms with Crippen LogP contribution in [0, 0.1) is 0 Å². The minimum atomic E-state index is -0.0332. The van der Waals surface area contributed by atoms with Gasteiger partial charge >= 0.3 is 0 Å². The largest absolute Gasteiger partial charge is 0.454 e. The quantitative estimate of drug-likeness (QED) is 0.188. The Morgan fingerprint density at radius 3 is 2.50 bits per heavy atom. The van der Waals surface area contributed by atoms with E-state index in [1.807, 2.05) is 90.3 Å². The smallest absolute Gasteiger partial charge is 0.253 e. The van der Waals surface area contributed by atoms with Gasteiger partial charge in [-0.2, -0.15) is 9.97 Å². The van der Waals surface area contributed by atoms with Crippen molar-refractivity contribution in [1.29, 1.82) is 0 Å². The molecule has 0 saturated carbocycles. The number of ether oxygens (including phenoxy) is 2. The molecule has 5 aromatic rings. The van der Waals surface area contributed by atoms with Crippen LogP contribution in [0.1, 0.15) is 47.8 Å². The molecule has 0 unspecified atom stereocenters. The standard InChI is InChI=1S/C35H38ClN7O3/c1-35(2,3)26-13-11-24(12-14-26)33(44)41(4)16-17-42(5)34-39-31(37-19-23-10-15-28-29(18-23)46-22-45-28)30-32(40-34)43(21-38-30)20-25-8-6-7-9-27(25)36/h6-15,18,21H,16-17,19-20,22H2,1-5H3,(H,37,39,40). The van der Waals surface area contributed by atoms with Crippen molar-refractivity contribution in [3.05, 3.63) is 100 Å². The highest BCUT2D eigenvalue weighted by molar-refractivity contribution is 6.31. The van der Waals surface area contributed by atoms with Gasteiger partial charge in [0.15, 0.2) is 28.5 Å². The number of likely N-dealkylation sites (N-methyl/N-ethyl adjacent to an activating group) is 2. The molecule has 0 atom stereocenters. The van der Waals surface area contributed by atoms with E-state index in [-0.39, 0.29) is 18.1 Å². The van der Waals surface area contributed by atoms with Crippen molar-refractivity contribution in [2.45, 2.75) is 39.3 Å². The molecule has 3 aromatic carbocycles. The number of nitrogens with zero attached hydrogens (tertiary/aromatic N) is 6. The predicted molar refractivity (Wildman–Crippen MR) is 181 cm³/mol. The number of nitrogens with one attached hydrogen (secondary N) is 1. The molecule has 1 aliphatic rings. The number of aromatic nitrogens is 4.